The van der Waals surface area contributed by atoms with Gasteiger partial charge in [-0.3, -0.25) is 10.1 Å². The highest BCUT2D eigenvalue weighted by atomic mass is 32.2. The molecule has 1 amide bonds. The van der Waals surface area contributed by atoms with Crippen LogP contribution in [0.15, 0.2) is 24.3 Å². The summed E-state index contributed by atoms with van der Waals surface area (Å²) >= 11 is 4.35. The molecule has 9 nitrogen and oxygen atoms in total. The Morgan fingerprint density at radius 2 is 2.08 bits per heavy atom. The Morgan fingerprint density at radius 1 is 1.44 bits per heavy atom. The normalized spacial score (nSPS) is 20.5. The predicted octanol–water partition coefficient (Wildman–Crippen LogP) is 1.15. The Balaban J connectivity index is 1.92. The third-order valence-corrected chi connectivity index (χ3v) is 4.78. The van der Waals surface area contributed by atoms with Gasteiger partial charge in [0, 0.05) is 36.5 Å². The van der Waals surface area contributed by atoms with Crippen molar-refractivity contribution in [3.63, 3.8) is 0 Å². The van der Waals surface area contributed by atoms with Crippen LogP contribution in [0.25, 0.3) is 0 Å². The molecule has 1 aromatic carbocycles. The zero-order valence-corrected chi connectivity index (χ0v) is 15.2. The number of amides is 1. The summed E-state index contributed by atoms with van der Waals surface area (Å²) in [5.74, 6) is 0. The van der Waals surface area contributed by atoms with Gasteiger partial charge in [-0.1, -0.05) is 0 Å². The lowest BCUT2D eigenvalue weighted by Gasteiger charge is -2.23. The molecular weight excluding hydrogens is 370 g/mol. The predicted molar refractivity (Wildman–Crippen MR) is 94.0 cm³/mol. The fraction of sp³-hybridized carbons (Fsp3) is 0.500. The molecule has 0 bridgehead atoms. The Labute approximate surface area is 150 Å². The van der Waals surface area contributed by atoms with Crippen molar-refractivity contribution < 1.29 is 22.9 Å². The number of non-ortho nitro benzene ring substituents is 1. The molecular formula is C14H19N3O6S2. The van der Waals surface area contributed by atoms with Gasteiger partial charge < -0.3 is 9.64 Å². The third kappa shape index (κ3) is 5.87. The van der Waals surface area contributed by atoms with Crippen molar-refractivity contribution >= 4 is 34.4 Å². The summed E-state index contributed by atoms with van der Waals surface area (Å²) in [6.45, 7) is 0.428. The number of likely N-dealkylation sites (tertiary alicyclic amines) is 1. The van der Waals surface area contributed by atoms with E-state index in [0.717, 1.165) is 6.26 Å². The second-order valence-electron chi connectivity index (χ2n) is 5.79. The number of carbonyl (C=O) groups is 1. The van der Waals surface area contributed by atoms with E-state index in [1.807, 2.05) is 0 Å². The van der Waals surface area contributed by atoms with Crippen molar-refractivity contribution in [1.82, 2.24) is 9.62 Å². The van der Waals surface area contributed by atoms with Crippen LogP contribution in [-0.4, -0.2) is 55.0 Å². The molecule has 0 aliphatic carbocycles. The van der Waals surface area contributed by atoms with Crippen molar-refractivity contribution in [1.29, 1.82) is 0 Å². The van der Waals surface area contributed by atoms with E-state index in [9.17, 15) is 23.3 Å². The third-order valence-electron chi connectivity index (χ3n) is 3.72. The highest BCUT2D eigenvalue weighted by Crippen LogP contribution is 2.23. The average Bonchev–Trinajstić information content (AvgIpc) is 2.91. The molecule has 0 unspecified atom stereocenters. The van der Waals surface area contributed by atoms with Crippen LogP contribution < -0.4 is 4.72 Å². The van der Waals surface area contributed by atoms with Crippen molar-refractivity contribution in [2.75, 3.05) is 19.3 Å². The molecule has 11 heteroatoms. The number of hydrogen-bond acceptors (Lipinski definition) is 7. The Hall–Kier alpha value is -1.85. The van der Waals surface area contributed by atoms with Crippen LogP contribution >= 0.6 is 12.6 Å². The van der Waals surface area contributed by atoms with Gasteiger partial charge in [0.15, 0.2) is 0 Å². The molecule has 0 spiro atoms. The summed E-state index contributed by atoms with van der Waals surface area (Å²) < 4.78 is 30.1. The van der Waals surface area contributed by atoms with Crippen LogP contribution in [0.2, 0.25) is 0 Å². The van der Waals surface area contributed by atoms with E-state index in [0.29, 0.717) is 18.5 Å². The van der Waals surface area contributed by atoms with Crippen molar-refractivity contribution in [2.45, 2.75) is 24.3 Å². The SMILES string of the molecule is CS(=O)(=O)NC[C@@H]1C[C@H](S)CN1C(=O)OCc1ccc([N+](=O)[O-])cc1. The van der Waals surface area contributed by atoms with E-state index in [2.05, 4.69) is 17.4 Å². The fourth-order valence-electron chi connectivity index (χ4n) is 2.50. The molecule has 1 aromatic rings. The number of nitro groups is 1. The Bertz CT molecular complexity index is 737. The number of sulfonamides is 1. The van der Waals surface area contributed by atoms with Gasteiger partial charge in [0.2, 0.25) is 10.0 Å². The van der Waals surface area contributed by atoms with Gasteiger partial charge in [-0.2, -0.15) is 12.6 Å². The molecule has 1 aliphatic rings. The first-order valence-electron chi connectivity index (χ1n) is 7.45. The zero-order chi connectivity index (χ0) is 18.6. The van der Waals surface area contributed by atoms with E-state index >= 15 is 0 Å². The minimum Gasteiger partial charge on any atom is -0.445 e. The molecule has 1 aliphatic heterocycles. The van der Waals surface area contributed by atoms with Gasteiger partial charge in [0.1, 0.15) is 6.61 Å². The molecule has 2 atom stereocenters. The maximum absolute atomic E-state index is 12.3. The zero-order valence-electron chi connectivity index (χ0n) is 13.5. The molecule has 0 saturated carbocycles. The maximum Gasteiger partial charge on any atom is 0.410 e. The number of carbonyl (C=O) groups excluding carboxylic acids is 1. The minimum absolute atomic E-state index is 0.0310. The van der Waals surface area contributed by atoms with Crippen LogP contribution in [0.4, 0.5) is 10.5 Å². The molecule has 0 radical (unpaired) electrons. The van der Waals surface area contributed by atoms with E-state index in [1.165, 1.54) is 29.2 Å². The fourth-order valence-corrected chi connectivity index (χ4v) is 3.41. The second kappa shape index (κ2) is 8.02. The van der Waals surface area contributed by atoms with Crippen molar-refractivity contribution in [3.8, 4) is 0 Å². The van der Waals surface area contributed by atoms with Crippen LogP contribution in [0.3, 0.4) is 0 Å². The largest absolute Gasteiger partial charge is 0.445 e. The highest BCUT2D eigenvalue weighted by Gasteiger charge is 2.35. The molecule has 1 saturated heterocycles. The first-order valence-corrected chi connectivity index (χ1v) is 9.86. The number of nitrogens with one attached hydrogen (secondary N) is 1. The summed E-state index contributed by atoms with van der Waals surface area (Å²) in [6, 6.07) is 5.36. The minimum atomic E-state index is -3.35. The number of thiol groups is 1. The number of benzene rings is 1. The van der Waals surface area contributed by atoms with E-state index in [-0.39, 0.29) is 30.1 Å². The summed E-state index contributed by atoms with van der Waals surface area (Å²) in [7, 11) is -3.35. The van der Waals surface area contributed by atoms with Gasteiger partial charge in [-0.05, 0) is 24.1 Å². The Morgan fingerprint density at radius 3 is 2.64 bits per heavy atom. The lowest BCUT2D eigenvalue weighted by molar-refractivity contribution is -0.384. The monoisotopic (exact) mass is 389 g/mol. The number of rotatable bonds is 6. The van der Waals surface area contributed by atoms with Crippen molar-refractivity contribution in [3.05, 3.63) is 39.9 Å². The topological polar surface area (TPSA) is 119 Å². The highest BCUT2D eigenvalue weighted by molar-refractivity contribution is 7.88. The van der Waals surface area contributed by atoms with Gasteiger partial charge >= 0.3 is 6.09 Å². The van der Waals surface area contributed by atoms with Crippen LogP contribution in [-0.2, 0) is 21.4 Å². The van der Waals surface area contributed by atoms with E-state index < -0.39 is 21.0 Å². The first kappa shape index (κ1) is 19.5. The van der Waals surface area contributed by atoms with E-state index in [4.69, 9.17) is 4.74 Å². The summed E-state index contributed by atoms with van der Waals surface area (Å²) in [6.07, 6.45) is 1.03. The molecule has 138 valence electrons. The summed E-state index contributed by atoms with van der Waals surface area (Å²) in [5.41, 5.74) is 0.575. The van der Waals surface area contributed by atoms with Gasteiger partial charge in [-0.15, -0.1) is 0 Å². The smallest absolute Gasteiger partial charge is 0.410 e. The van der Waals surface area contributed by atoms with Crippen LogP contribution in [0.5, 0.6) is 0 Å². The van der Waals surface area contributed by atoms with E-state index in [1.54, 1.807) is 0 Å². The van der Waals surface area contributed by atoms with Crippen LogP contribution in [0.1, 0.15) is 12.0 Å². The van der Waals surface area contributed by atoms with Gasteiger partial charge in [0.25, 0.3) is 5.69 Å². The number of nitro benzene ring substituents is 1. The molecule has 2 rings (SSSR count). The quantitative estimate of drug-likeness (QED) is 0.428. The first-order chi connectivity index (χ1) is 11.7. The standard InChI is InChI=1S/C14H19N3O6S2/c1-25(21,22)15-7-12-6-13(24)8-16(12)14(18)23-9-10-2-4-11(5-3-10)17(19)20/h2-5,12-13,15,24H,6-9H2,1H3/t12-,13-/m0/s1. The number of ether oxygens (including phenoxy) is 1. The molecule has 0 aromatic heterocycles. The molecule has 1 heterocycles. The summed E-state index contributed by atoms with van der Waals surface area (Å²) in [4.78, 5) is 23.8. The number of nitrogens with zero attached hydrogens (tertiary/aromatic N) is 2. The molecule has 25 heavy (non-hydrogen) atoms. The Kier molecular flexibility index (Phi) is 6.25. The maximum atomic E-state index is 12.3. The average molecular weight is 389 g/mol. The van der Waals surface area contributed by atoms with Gasteiger partial charge in [0.05, 0.1) is 11.2 Å². The lowest BCUT2D eigenvalue weighted by Crippen LogP contribution is -2.43. The second-order valence-corrected chi connectivity index (χ2v) is 8.36. The van der Waals surface area contributed by atoms with Crippen molar-refractivity contribution in [2.24, 2.45) is 0 Å². The lowest BCUT2D eigenvalue weighted by atomic mass is 10.2. The molecule has 1 fully saturated rings. The number of hydrogen-bond donors (Lipinski definition) is 2. The molecule has 1 N–H and O–H groups in total. The van der Waals surface area contributed by atoms with Crippen LogP contribution in [0, 0.1) is 10.1 Å². The van der Waals surface area contributed by atoms with Gasteiger partial charge in [-0.25, -0.2) is 17.9 Å². The summed E-state index contributed by atoms with van der Waals surface area (Å²) in [5, 5.41) is 10.6.